The average molecular weight is 491 g/mol. The molecule has 0 fully saturated rings. The molecule has 0 aromatic carbocycles. The monoisotopic (exact) mass is 493 g/mol. The van der Waals surface area contributed by atoms with E-state index in [9.17, 15) is 0 Å². The number of unbranched alkanes of at least 4 members (excludes halogenated alkanes) is 9. The van der Waals surface area contributed by atoms with Gasteiger partial charge in [-0.15, -0.1) is 0 Å². The fourth-order valence-electron chi connectivity index (χ4n) is 2.19. The summed E-state index contributed by atoms with van der Waals surface area (Å²) in [6.45, 7) is 9.85. The molecule has 4 N–H and O–H groups in total. The third-order valence-electron chi connectivity index (χ3n) is 3.77. The molecule has 0 rings (SSSR count). The van der Waals surface area contributed by atoms with Crippen molar-refractivity contribution in [1.82, 2.24) is 10.2 Å². The van der Waals surface area contributed by atoms with Crippen LogP contribution >= 0.6 is 4.50 Å². The molecule has 0 aromatic heterocycles. The zero-order chi connectivity index (χ0) is 18.5. The van der Waals surface area contributed by atoms with Gasteiger partial charge >= 0.3 is 124 Å². The van der Waals surface area contributed by atoms with Gasteiger partial charge in [-0.3, -0.25) is 0 Å². The van der Waals surface area contributed by atoms with Gasteiger partial charge in [-0.2, -0.15) is 0 Å². The van der Waals surface area contributed by atoms with E-state index in [2.05, 4.69) is 61.6 Å². The van der Waals surface area contributed by atoms with Crippen LogP contribution in [0.15, 0.2) is 0 Å². The van der Waals surface area contributed by atoms with E-state index in [4.69, 9.17) is 5.73 Å². The molecule has 148 valence electrons. The Balaban J connectivity index is 0. The quantitative estimate of drug-likeness (QED) is 0.168. The number of rotatable bonds is 16. The van der Waals surface area contributed by atoms with Crippen LogP contribution < -0.4 is 15.9 Å². The molecule has 24 heavy (non-hydrogen) atoms. The first-order valence-corrected chi connectivity index (χ1v) is 16.5. The molecule has 0 saturated carbocycles. The van der Waals surface area contributed by atoms with Gasteiger partial charge in [0.25, 0.3) is 0 Å². The van der Waals surface area contributed by atoms with Crippen molar-refractivity contribution >= 4 is 35.2 Å². The molecule has 0 amide bonds. The fourth-order valence-corrected chi connectivity index (χ4v) is 5.63. The van der Waals surface area contributed by atoms with E-state index in [-0.39, 0.29) is 0 Å². The molecule has 0 aliphatic carbocycles. The van der Waals surface area contributed by atoms with Gasteiger partial charge in [0.1, 0.15) is 0 Å². The summed E-state index contributed by atoms with van der Waals surface area (Å²) in [4.78, 5) is 0. The van der Waals surface area contributed by atoms with Gasteiger partial charge < -0.3 is 5.73 Å². The molecular weight excluding hydrogens is 447 g/mol. The van der Waals surface area contributed by atoms with E-state index < -0.39 is 4.50 Å². The first-order chi connectivity index (χ1) is 11.5. The molecule has 0 bridgehead atoms. The first kappa shape index (κ1) is 27.6. The van der Waals surface area contributed by atoms with Gasteiger partial charge in [-0.25, -0.2) is 0 Å². The molecule has 0 atom stereocenters. The normalized spacial score (nSPS) is 11.2. The Bertz CT molecular complexity index is 257. The van der Waals surface area contributed by atoms with Crippen LogP contribution in [0, 0.1) is 0 Å². The van der Waals surface area contributed by atoms with E-state index >= 15 is 0 Å². The third kappa shape index (κ3) is 25.6. The van der Waals surface area contributed by atoms with E-state index in [1.54, 1.807) is 0 Å². The molecule has 0 heterocycles. The van der Waals surface area contributed by atoms with Gasteiger partial charge in [-0.05, 0) is 13.0 Å². The van der Waals surface area contributed by atoms with E-state index in [1.807, 2.05) is 0 Å². The Morgan fingerprint density at radius 1 is 0.708 bits per heavy atom. The van der Waals surface area contributed by atoms with Gasteiger partial charge in [0.05, 0.1) is 0 Å². The maximum atomic E-state index is 5.27. The standard InChI is InChI=1S/C12H29N2PSe2.C6H15N/c1-3-5-7-9-11-13-15(16,17)14-12-10-8-6-4-2;1-2-3-4-5-6-7/h3-12H2,1-2H3,(H3,13,14,16,17);2-7H2,1H3. The summed E-state index contributed by atoms with van der Waals surface area (Å²) in [5.41, 5.74) is 5.27. The summed E-state index contributed by atoms with van der Waals surface area (Å²) in [5.74, 6) is 0. The summed E-state index contributed by atoms with van der Waals surface area (Å²) in [5, 5.41) is 7.25. The van der Waals surface area contributed by atoms with Crippen LogP contribution in [0.1, 0.15) is 97.8 Å². The van der Waals surface area contributed by atoms with Crippen molar-refractivity contribution in [2.24, 2.45) is 5.73 Å². The van der Waals surface area contributed by atoms with Crippen molar-refractivity contribution in [3.63, 3.8) is 0 Å². The predicted molar refractivity (Wildman–Crippen MR) is 117 cm³/mol. The molecule has 6 heteroatoms. The van der Waals surface area contributed by atoms with Crippen molar-refractivity contribution in [3.8, 4) is 0 Å². The summed E-state index contributed by atoms with van der Waals surface area (Å²) in [7, 11) is 0. The minimum absolute atomic E-state index is 0.861. The Morgan fingerprint density at radius 3 is 1.42 bits per heavy atom. The molecule has 0 aliphatic rings. The molecule has 0 saturated heterocycles. The summed E-state index contributed by atoms with van der Waals surface area (Å²) >= 11 is 6.08. The topological polar surface area (TPSA) is 50.1 Å². The van der Waals surface area contributed by atoms with E-state index in [0.717, 1.165) is 19.6 Å². The zero-order valence-corrected chi connectivity index (χ0v) is 21.0. The number of hydrogen-bond donors (Lipinski definition) is 3. The molecular formula is C18H44N3PSe2. The molecule has 0 aliphatic heterocycles. The van der Waals surface area contributed by atoms with Crippen LogP contribution in [0.5, 0.6) is 0 Å². The van der Waals surface area contributed by atoms with Crippen LogP contribution in [0.3, 0.4) is 0 Å². The second-order valence-corrected chi connectivity index (χ2v) is 19.3. The van der Waals surface area contributed by atoms with Crippen molar-refractivity contribution in [2.45, 2.75) is 97.8 Å². The average Bonchev–Trinajstić information content (AvgIpc) is 2.55. The number of nitrogens with two attached hydrogens (primary N) is 1. The first-order valence-electron chi connectivity index (χ1n) is 10.1. The van der Waals surface area contributed by atoms with Crippen molar-refractivity contribution in [3.05, 3.63) is 0 Å². The van der Waals surface area contributed by atoms with Crippen LogP contribution in [0.25, 0.3) is 0 Å². The molecule has 0 spiro atoms. The van der Waals surface area contributed by atoms with E-state index in [1.165, 1.54) is 77.0 Å². The predicted octanol–water partition coefficient (Wildman–Crippen LogP) is 4.60. The van der Waals surface area contributed by atoms with Gasteiger partial charge in [0, 0.05) is 0 Å². The summed E-state index contributed by atoms with van der Waals surface area (Å²) in [6, 6.07) is 0. The second kappa shape index (κ2) is 22.4. The van der Waals surface area contributed by atoms with Crippen LogP contribution in [0.2, 0.25) is 0 Å². The van der Waals surface area contributed by atoms with Gasteiger partial charge in [0.15, 0.2) is 0 Å². The Morgan fingerprint density at radius 2 is 1.08 bits per heavy atom. The van der Waals surface area contributed by atoms with Gasteiger partial charge in [0.2, 0.25) is 0 Å². The second-order valence-electron chi connectivity index (χ2n) is 6.36. The van der Waals surface area contributed by atoms with Crippen LogP contribution in [0.4, 0.5) is 0 Å². The Kier molecular flexibility index (Phi) is 25.7. The zero-order valence-electron chi connectivity index (χ0n) is 16.5. The van der Waals surface area contributed by atoms with E-state index in [0.29, 0.717) is 0 Å². The molecule has 0 aromatic rings. The molecule has 3 nitrogen and oxygen atoms in total. The van der Waals surface area contributed by atoms with Crippen LogP contribution in [-0.4, -0.2) is 50.3 Å². The minimum atomic E-state index is -1.23. The Labute approximate surface area is 168 Å². The molecule has 0 unspecified atom stereocenters. The maximum absolute atomic E-state index is 5.27. The fraction of sp³-hybridized carbons (Fsp3) is 1.00. The summed E-state index contributed by atoms with van der Waals surface area (Å²) in [6.07, 6.45) is 15.8. The van der Waals surface area contributed by atoms with Crippen molar-refractivity contribution in [1.29, 1.82) is 0 Å². The van der Waals surface area contributed by atoms with Crippen molar-refractivity contribution < 1.29 is 0 Å². The van der Waals surface area contributed by atoms with Gasteiger partial charge in [-0.1, -0.05) is 26.2 Å². The third-order valence-corrected chi connectivity index (χ3v) is 8.48. The number of nitrogens with one attached hydrogen (secondary N) is 2. The van der Waals surface area contributed by atoms with Crippen LogP contribution in [-0.2, 0) is 0 Å². The number of hydrogen-bond acceptors (Lipinski definition) is 3. The summed E-state index contributed by atoms with van der Waals surface area (Å²) < 4.78 is -1.23. The molecule has 0 radical (unpaired) electrons. The Hall–Kier alpha value is 1.35. The SMILES string of the molecule is CCCCCCN.CCCCCCNP(=[Se])([SeH])NCCCCCC. The van der Waals surface area contributed by atoms with Crippen molar-refractivity contribution in [2.75, 3.05) is 19.6 Å².